The monoisotopic (exact) mass is 619 g/mol. The van der Waals surface area contributed by atoms with Crippen LogP contribution in [0.2, 0.25) is 10.0 Å². The van der Waals surface area contributed by atoms with Crippen molar-refractivity contribution in [1.82, 2.24) is 10.2 Å². The first-order chi connectivity index (χ1) is 19.5. The number of carbonyl (C=O) groups excluding carboxylic acids is 2. The summed E-state index contributed by atoms with van der Waals surface area (Å²) in [6.45, 7) is 3.91. The number of amides is 2. The molecule has 0 fully saturated rings. The molecule has 0 saturated carbocycles. The molecule has 3 aromatic rings. The molecule has 0 aliphatic heterocycles. The molecule has 2 amide bonds. The lowest BCUT2D eigenvalue weighted by molar-refractivity contribution is -0.140. The molecule has 3 rings (SSSR count). The van der Waals surface area contributed by atoms with Crippen LogP contribution >= 0.6 is 23.2 Å². The van der Waals surface area contributed by atoms with E-state index in [4.69, 9.17) is 27.9 Å². The lowest BCUT2D eigenvalue weighted by atomic mass is 10.1. The van der Waals surface area contributed by atoms with Gasteiger partial charge >= 0.3 is 0 Å². The number of sulfonamides is 1. The van der Waals surface area contributed by atoms with E-state index in [1.165, 1.54) is 4.90 Å². The van der Waals surface area contributed by atoms with Crippen molar-refractivity contribution in [3.63, 3.8) is 0 Å². The zero-order valence-corrected chi connectivity index (χ0v) is 25.7. The maximum atomic E-state index is 13.8. The molecular weight excluding hydrogens is 585 g/mol. The first-order valence-corrected chi connectivity index (χ1v) is 15.9. The van der Waals surface area contributed by atoms with Crippen LogP contribution in [0.5, 0.6) is 5.75 Å². The number of hydrogen-bond donors (Lipinski definition) is 1. The van der Waals surface area contributed by atoms with Gasteiger partial charge in [-0.1, -0.05) is 73.4 Å². The molecule has 0 spiro atoms. The number of carbonyl (C=O) groups is 2. The van der Waals surface area contributed by atoms with E-state index in [0.717, 1.165) is 22.5 Å². The minimum atomic E-state index is -3.88. The van der Waals surface area contributed by atoms with Gasteiger partial charge in [0.25, 0.3) is 0 Å². The molecular formula is C30H35Cl2N3O5S. The first-order valence-electron chi connectivity index (χ1n) is 13.3. The summed E-state index contributed by atoms with van der Waals surface area (Å²) in [6.07, 6.45) is 2.05. The van der Waals surface area contributed by atoms with Gasteiger partial charge in [-0.05, 0) is 54.8 Å². The quantitative estimate of drug-likeness (QED) is 0.251. The van der Waals surface area contributed by atoms with Gasteiger partial charge in [-0.3, -0.25) is 13.9 Å². The fourth-order valence-corrected chi connectivity index (χ4v) is 5.57. The van der Waals surface area contributed by atoms with E-state index in [2.05, 4.69) is 5.32 Å². The second-order valence-corrected chi connectivity index (χ2v) is 12.2. The van der Waals surface area contributed by atoms with Crippen molar-refractivity contribution in [2.24, 2.45) is 0 Å². The predicted molar refractivity (Wildman–Crippen MR) is 164 cm³/mol. The van der Waals surface area contributed by atoms with Crippen molar-refractivity contribution in [2.75, 3.05) is 23.7 Å². The van der Waals surface area contributed by atoms with Crippen molar-refractivity contribution < 1.29 is 22.7 Å². The van der Waals surface area contributed by atoms with Crippen LogP contribution in [0.25, 0.3) is 0 Å². The summed E-state index contributed by atoms with van der Waals surface area (Å²) in [5.41, 5.74) is 1.75. The summed E-state index contributed by atoms with van der Waals surface area (Å²) in [5, 5.41) is 3.51. The molecule has 0 radical (unpaired) electrons. The number of nitrogens with one attached hydrogen (secondary N) is 1. The van der Waals surface area contributed by atoms with Gasteiger partial charge in [0.2, 0.25) is 21.8 Å². The number of benzene rings is 3. The summed E-state index contributed by atoms with van der Waals surface area (Å²) >= 11 is 12.8. The van der Waals surface area contributed by atoms with Crippen LogP contribution in [0.4, 0.5) is 5.69 Å². The largest absolute Gasteiger partial charge is 0.489 e. The Hall–Kier alpha value is -3.27. The molecule has 11 heteroatoms. The number of rotatable bonds is 14. The van der Waals surface area contributed by atoms with Crippen LogP contribution in [0, 0.1) is 0 Å². The lowest BCUT2D eigenvalue weighted by Crippen LogP contribution is -2.52. The van der Waals surface area contributed by atoms with Crippen LogP contribution in [0.15, 0.2) is 72.8 Å². The minimum Gasteiger partial charge on any atom is -0.489 e. The Balaban J connectivity index is 1.88. The fraction of sp³-hybridized carbons (Fsp3) is 0.333. The third-order valence-electron chi connectivity index (χ3n) is 6.38. The van der Waals surface area contributed by atoms with Gasteiger partial charge in [0.1, 0.15) is 24.9 Å². The zero-order valence-electron chi connectivity index (χ0n) is 23.3. The number of halogens is 2. The maximum absolute atomic E-state index is 13.8. The average Bonchev–Trinajstić information content (AvgIpc) is 2.95. The van der Waals surface area contributed by atoms with Crippen molar-refractivity contribution >= 4 is 50.7 Å². The molecule has 1 atom stereocenters. The molecule has 0 aromatic heterocycles. The molecule has 1 N–H and O–H groups in total. The van der Waals surface area contributed by atoms with E-state index in [0.29, 0.717) is 40.9 Å². The molecule has 0 bridgehead atoms. The van der Waals surface area contributed by atoms with Gasteiger partial charge in [0.15, 0.2) is 0 Å². The number of hydrogen-bond acceptors (Lipinski definition) is 5. The Labute approximate surface area is 252 Å². The van der Waals surface area contributed by atoms with E-state index in [1.54, 1.807) is 49.4 Å². The number of anilines is 1. The molecule has 8 nitrogen and oxygen atoms in total. The Kier molecular flexibility index (Phi) is 11.9. The number of nitrogens with zero attached hydrogens (tertiary/aromatic N) is 2. The van der Waals surface area contributed by atoms with Gasteiger partial charge in [-0.15, -0.1) is 0 Å². The topological polar surface area (TPSA) is 96.0 Å². The van der Waals surface area contributed by atoms with Crippen molar-refractivity contribution in [3.8, 4) is 5.75 Å². The number of ether oxygens (including phenoxy) is 1. The van der Waals surface area contributed by atoms with Crippen LogP contribution < -0.4 is 14.4 Å². The van der Waals surface area contributed by atoms with Crippen molar-refractivity contribution in [1.29, 1.82) is 0 Å². The normalized spacial score (nSPS) is 11.9. The van der Waals surface area contributed by atoms with E-state index in [-0.39, 0.29) is 18.1 Å². The molecule has 0 aliphatic rings. The van der Waals surface area contributed by atoms with Gasteiger partial charge in [0, 0.05) is 28.7 Å². The van der Waals surface area contributed by atoms with Crippen molar-refractivity contribution in [2.45, 2.75) is 45.9 Å². The summed E-state index contributed by atoms with van der Waals surface area (Å²) in [5.74, 6) is -0.364. The first kappa shape index (κ1) is 32.2. The van der Waals surface area contributed by atoms with Crippen LogP contribution in [-0.4, -0.2) is 50.5 Å². The van der Waals surface area contributed by atoms with E-state index < -0.39 is 28.5 Å². The third-order valence-corrected chi connectivity index (χ3v) is 8.23. The molecule has 0 heterocycles. The maximum Gasteiger partial charge on any atom is 0.244 e. The average molecular weight is 621 g/mol. The predicted octanol–water partition coefficient (Wildman–Crippen LogP) is 5.67. The van der Waals surface area contributed by atoms with Gasteiger partial charge in [0.05, 0.1) is 11.9 Å². The van der Waals surface area contributed by atoms with Gasteiger partial charge < -0.3 is 15.0 Å². The highest BCUT2D eigenvalue weighted by atomic mass is 35.5. The second-order valence-electron chi connectivity index (χ2n) is 9.47. The van der Waals surface area contributed by atoms with Gasteiger partial charge in [-0.25, -0.2) is 8.42 Å². The van der Waals surface area contributed by atoms with Crippen LogP contribution in [0.1, 0.15) is 37.8 Å². The zero-order chi connectivity index (χ0) is 30.0. The summed E-state index contributed by atoms with van der Waals surface area (Å²) < 4.78 is 32.6. The highest BCUT2D eigenvalue weighted by Crippen LogP contribution is 2.28. The molecule has 0 saturated heterocycles. The molecule has 220 valence electrons. The highest BCUT2D eigenvalue weighted by Gasteiger charge is 2.32. The second kappa shape index (κ2) is 15.1. The fourth-order valence-electron chi connectivity index (χ4n) is 4.20. The van der Waals surface area contributed by atoms with Crippen LogP contribution in [-0.2, 0) is 32.8 Å². The van der Waals surface area contributed by atoms with Gasteiger partial charge in [-0.2, -0.15) is 0 Å². The molecule has 3 aromatic carbocycles. The Morgan fingerprint density at radius 2 is 1.56 bits per heavy atom. The SMILES string of the molecule is CCCNC(=O)[C@@H](CC)N(Cc1c(Cl)cccc1Cl)C(=O)CN(c1ccc(OCc2ccccc2)cc1)S(C)(=O)=O. The van der Waals surface area contributed by atoms with E-state index in [1.807, 2.05) is 37.3 Å². The third kappa shape index (κ3) is 9.11. The molecule has 0 aliphatic carbocycles. The molecule has 0 unspecified atom stereocenters. The highest BCUT2D eigenvalue weighted by molar-refractivity contribution is 7.92. The van der Waals surface area contributed by atoms with Crippen LogP contribution in [0.3, 0.4) is 0 Å². The van der Waals surface area contributed by atoms with E-state index >= 15 is 0 Å². The Bertz CT molecular complexity index is 1400. The minimum absolute atomic E-state index is 0.0702. The van der Waals surface area contributed by atoms with Crippen molar-refractivity contribution in [3.05, 3.63) is 94.0 Å². The smallest absolute Gasteiger partial charge is 0.244 e. The summed E-state index contributed by atoms with van der Waals surface area (Å²) in [4.78, 5) is 28.3. The summed E-state index contributed by atoms with van der Waals surface area (Å²) in [6, 6.07) is 20.2. The molecule has 41 heavy (non-hydrogen) atoms. The Morgan fingerprint density at radius 3 is 2.12 bits per heavy atom. The lowest BCUT2D eigenvalue weighted by Gasteiger charge is -2.33. The Morgan fingerprint density at radius 1 is 0.927 bits per heavy atom. The van der Waals surface area contributed by atoms with E-state index in [9.17, 15) is 18.0 Å². The standard InChI is InChI=1S/C30H35Cl2N3O5S/c1-4-18-33-30(37)28(5-2)34(19-25-26(31)12-9-13-27(25)32)29(36)20-35(41(3,38)39)23-14-16-24(17-15-23)40-21-22-10-7-6-8-11-22/h6-17,28H,4-5,18-21H2,1-3H3,(H,33,37)/t28-/m1/s1. The summed E-state index contributed by atoms with van der Waals surface area (Å²) in [7, 11) is -3.88.